The van der Waals surface area contributed by atoms with E-state index in [0.717, 1.165) is 4.68 Å². The molecule has 1 aromatic carbocycles. The highest BCUT2D eigenvalue weighted by Gasteiger charge is 2.11. The molecule has 0 atom stereocenters. The van der Waals surface area contributed by atoms with E-state index in [1.54, 1.807) is 28.7 Å². The van der Waals surface area contributed by atoms with Crippen LogP contribution in [0.5, 0.6) is 0 Å². The van der Waals surface area contributed by atoms with Crippen LogP contribution in [0.1, 0.15) is 5.82 Å². The maximum Gasteiger partial charge on any atom is 0.278 e. The number of aromatic nitrogens is 6. The Morgan fingerprint density at radius 2 is 1.88 bits per heavy atom. The Kier molecular flexibility index (Phi) is 3.65. The summed E-state index contributed by atoms with van der Waals surface area (Å²) in [7, 11) is 0. The van der Waals surface area contributed by atoms with Crippen LogP contribution in [-0.2, 0) is 17.9 Å². The standard InChI is InChI=1S/C16H13N7O2/c24-15(17-9-14-20-19-13-7-3-4-8-22(13)14)10-23-16(25)11-5-1-2-6-12(11)18-21-23/h1-8H,9-10H2,(H,17,24). The number of fused-ring (bicyclic) bond motifs is 2. The molecule has 3 heterocycles. The first-order chi connectivity index (χ1) is 12.2. The van der Waals surface area contributed by atoms with Gasteiger partial charge in [-0.3, -0.25) is 14.0 Å². The Morgan fingerprint density at radius 1 is 1.04 bits per heavy atom. The summed E-state index contributed by atoms with van der Waals surface area (Å²) in [5.74, 6) is 0.236. The second-order valence-electron chi connectivity index (χ2n) is 5.39. The maximum absolute atomic E-state index is 12.3. The van der Waals surface area contributed by atoms with Crippen LogP contribution in [0.3, 0.4) is 0 Å². The molecule has 0 radical (unpaired) electrons. The molecule has 1 N–H and O–H groups in total. The van der Waals surface area contributed by atoms with Crippen molar-refractivity contribution in [2.24, 2.45) is 0 Å². The first-order valence-corrected chi connectivity index (χ1v) is 7.60. The fraction of sp³-hybridized carbons (Fsp3) is 0.125. The summed E-state index contributed by atoms with van der Waals surface area (Å²) >= 11 is 0. The number of nitrogens with zero attached hydrogens (tertiary/aromatic N) is 6. The highest BCUT2D eigenvalue weighted by atomic mass is 16.2. The van der Waals surface area contributed by atoms with Crippen LogP contribution in [0.25, 0.3) is 16.6 Å². The van der Waals surface area contributed by atoms with Crippen molar-refractivity contribution >= 4 is 22.5 Å². The summed E-state index contributed by atoms with van der Waals surface area (Å²) in [5.41, 5.74) is 0.844. The van der Waals surface area contributed by atoms with Gasteiger partial charge in [0.1, 0.15) is 12.1 Å². The number of hydrogen-bond donors (Lipinski definition) is 1. The zero-order chi connectivity index (χ0) is 17.2. The van der Waals surface area contributed by atoms with Crippen LogP contribution in [0, 0.1) is 0 Å². The van der Waals surface area contributed by atoms with E-state index in [1.807, 2.05) is 24.4 Å². The SMILES string of the molecule is O=C(Cn1nnc2ccccc2c1=O)NCc1nnc2ccccn12. The Hall–Kier alpha value is -3.62. The second kappa shape index (κ2) is 6.11. The van der Waals surface area contributed by atoms with Crippen LogP contribution in [0.2, 0.25) is 0 Å². The fourth-order valence-corrected chi connectivity index (χ4v) is 2.51. The number of benzene rings is 1. The molecular formula is C16H13N7O2. The monoisotopic (exact) mass is 335 g/mol. The quantitative estimate of drug-likeness (QED) is 0.569. The molecule has 0 saturated heterocycles. The van der Waals surface area contributed by atoms with Crippen molar-refractivity contribution in [1.29, 1.82) is 0 Å². The summed E-state index contributed by atoms with van der Waals surface area (Å²) in [5, 5.41) is 18.9. The predicted octanol–water partition coefficient (Wildman–Crippen LogP) is 0.151. The van der Waals surface area contributed by atoms with Crippen LogP contribution in [0.4, 0.5) is 0 Å². The van der Waals surface area contributed by atoms with E-state index < -0.39 is 0 Å². The number of nitrogens with one attached hydrogen (secondary N) is 1. The van der Waals surface area contributed by atoms with Gasteiger partial charge in [-0.1, -0.05) is 23.4 Å². The van der Waals surface area contributed by atoms with E-state index >= 15 is 0 Å². The van der Waals surface area contributed by atoms with Crippen molar-refractivity contribution in [3.05, 3.63) is 64.8 Å². The zero-order valence-corrected chi connectivity index (χ0v) is 13.0. The number of carbonyl (C=O) groups is 1. The Balaban J connectivity index is 1.49. The van der Waals surface area contributed by atoms with Crippen molar-refractivity contribution < 1.29 is 4.79 Å². The molecular weight excluding hydrogens is 322 g/mol. The number of amides is 1. The van der Waals surface area contributed by atoms with Crippen LogP contribution in [0.15, 0.2) is 53.5 Å². The van der Waals surface area contributed by atoms with Crippen LogP contribution < -0.4 is 10.9 Å². The number of hydrogen-bond acceptors (Lipinski definition) is 6. The summed E-state index contributed by atoms with van der Waals surface area (Å²) in [6.07, 6.45) is 1.82. The van der Waals surface area contributed by atoms with Crippen molar-refractivity contribution in [2.75, 3.05) is 0 Å². The topological polar surface area (TPSA) is 107 Å². The van der Waals surface area contributed by atoms with E-state index in [0.29, 0.717) is 22.4 Å². The molecule has 0 unspecified atom stereocenters. The van der Waals surface area contributed by atoms with E-state index in [-0.39, 0.29) is 24.6 Å². The van der Waals surface area contributed by atoms with Gasteiger partial charge >= 0.3 is 0 Å². The van der Waals surface area contributed by atoms with E-state index in [1.165, 1.54) is 0 Å². The van der Waals surface area contributed by atoms with Gasteiger partial charge in [-0.05, 0) is 24.3 Å². The third-order valence-corrected chi connectivity index (χ3v) is 3.75. The molecule has 124 valence electrons. The lowest BCUT2D eigenvalue weighted by Gasteiger charge is -2.06. The molecule has 0 saturated carbocycles. The van der Waals surface area contributed by atoms with Gasteiger partial charge in [-0.15, -0.1) is 15.3 Å². The second-order valence-corrected chi connectivity index (χ2v) is 5.39. The Morgan fingerprint density at radius 3 is 2.80 bits per heavy atom. The Labute approximate surface area is 140 Å². The normalized spacial score (nSPS) is 11.0. The van der Waals surface area contributed by atoms with E-state index in [4.69, 9.17) is 0 Å². The summed E-state index contributed by atoms with van der Waals surface area (Å²) < 4.78 is 2.82. The predicted molar refractivity (Wildman–Crippen MR) is 88.6 cm³/mol. The van der Waals surface area contributed by atoms with Crippen molar-refractivity contribution in [3.63, 3.8) is 0 Å². The van der Waals surface area contributed by atoms with Gasteiger partial charge in [-0.2, -0.15) is 0 Å². The lowest BCUT2D eigenvalue weighted by atomic mass is 10.2. The smallest absolute Gasteiger partial charge is 0.278 e. The van der Waals surface area contributed by atoms with Crippen molar-refractivity contribution in [3.8, 4) is 0 Å². The van der Waals surface area contributed by atoms with Gasteiger partial charge in [0.25, 0.3) is 5.56 Å². The molecule has 25 heavy (non-hydrogen) atoms. The molecule has 4 aromatic rings. The minimum Gasteiger partial charge on any atom is -0.347 e. The molecule has 0 spiro atoms. The van der Waals surface area contributed by atoms with Gasteiger partial charge in [0.15, 0.2) is 11.5 Å². The molecule has 3 aromatic heterocycles. The lowest BCUT2D eigenvalue weighted by molar-refractivity contribution is -0.122. The first kappa shape index (κ1) is 14.9. The highest BCUT2D eigenvalue weighted by Crippen LogP contribution is 2.04. The zero-order valence-electron chi connectivity index (χ0n) is 13.0. The van der Waals surface area contributed by atoms with Gasteiger partial charge in [0, 0.05) is 6.20 Å². The summed E-state index contributed by atoms with van der Waals surface area (Å²) in [4.78, 5) is 24.5. The molecule has 0 bridgehead atoms. The summed E-state index contributed by atoms with van der Waals surface area (Å²) in [6.45, 7) is -0.0207. The van der Waals surface area contributed by atoms with Crippen molar-refractivity contribution in [1.82, 2.24) is 34.9 Å². The van der Waals surface area contributed by atoms with Gasteiger partial charge in [0.05, 0.1) is 11.9 Å². The molecule has 0 aliphatic carbocycles. The number of carbonyl (C=O) groups excluding carboxylic acids is 1. The van der Waals surface area contributed by atoms with Gasteiger partial charge < -0.3 is 5.32 Å². The fourth-order valence-electron chi connectivity index (χ4n) is 2.51. The largest absolute Gasteiger partial charge is 0.347 e. The molecule has 0 aliphatic rings. The number of rotatable bonds is 4. The molecule has 0 aliphatic heterocycles. The molecule has 9 nitrogen and oxygen atoms in total. The average Bonchev–Trinajstić information content (AvgIpc) is 3.06. The lowest BCUT2D eigenvalue weighted by Crippen LogP contribution is -2.34. The third-order valence-electron chi connectivity index (χ3n) is 3.75. The van der Waals surface area contributed by atoms with Crippen LogP contribution in [-0.4, -0.2) is 35.5 Å². The van der Waals surface area contributed by atoms with Gasteiger partial charge in [-0.25, -0.2) is 4.68 Å². The highest BCUT2D eigenvalue weighted by molar-refractivity contribution is 5.78. The first-order valence-electron chi connectivity index (χ1n) is 7.60. The van der Waals surface area contributed by atoms with Gasteiger partial charge in [0.2, 0.25) is 5.91 Å². The maximum atomic E-state index is 12.3. The third kappa shape index (κ3) is 2.82. The molecule has 1 amide bonds. The molecule has 9 heteroatoms. The minimum absolute atomic E-state index is 0.194. The van der Waals surface area contributed by atoms with E-state index in [9.17, 15) is 9.59 Å². The Bertz CT molecular complexity index is 1130. The van der Waals surface area contributed by atoms with Crippen LogP contribution >= 0.6 is 0 Å². The minimum atomic E-state index is -0.362. The summed E-state index contributed by atoms with van der Waals surface area (Å²) in [6, 6.07) is 12.4. The molecule has 0 fully saturated rings. The van der Waals surface area contributed by atoms with E-state index in [2.05, 4.69) is 25.8 Å². The molecule has 4 rings (SSSR count). The average molecular weight is 335 g/mol. The van der Waals surface area contributed by atoms with Crippen molar-refractivity contribution in [2.45, 2.75) is 13.1 Å². The number of pyridine rings is 1.